The SMILES string of the molecule is c1ccc(-c2cccc(-n3c4ccccc4c4ccc(-c5cc6c(c7ccccc57)c5ccccc5n6-c5ncc6ccccc6n5)cc43)c2)cc1. The molecule has 0 bridgehead atoms. The van der Waals surface area contributed by atoms with Crippen molar-refractivity contribution in [2.24, 2.45) is 0 Å². The first-order chi connectivity index (χ1) is 25.8. The van der Waals surface area contributed by atoms with Crippen molar-refractivity contribution in [2.75, 3.05) is 0 Å². The van der Waals surface area contributed by atoms with Crippen molar-refractivity contribution in [3.05, 3.63) is 182 Å². The first-order valence-corrected chi connectivity index (χ1v) is 17.7. The van der Waals surface area contributed by atoms with Crippen LogP contribution in [0.2, 0.25) is 0 Å². The Morgan fingerprint density at radius 2 is 1.06 bits per heavy atom. The molecular formula is C48H30N4. The van der Waals surface area contributed by atoms with Crippen LogP contribution in [-0.2, 0) is 0 Å². The predicted octanol–water partition coefficient (Wildman–Crippen LogP) is 12.3. The van der Waals surface area contributed by atoms with Gasteiger partial charge in [-0.15, -0.1) is 0 Å². The van der Waals surface area contributed by atoms with Crippen LogP contribution in [0.5, 0.6) is 0 Å². The lowest BCUT2D eigenvalue weighted by atomic mass is 9.94. The summed E-state index contributed by atoms with van der Waals surface area (Å²) in [4.78, 5) is 10.0. The van der Waals surface area contributed by atoms with Gasteiger partial charge in [0.2, 0.25) is 5.95 Å². The van der Waals surface area contributed by atoms with Gasteiger partial charge in [0.1, 0.15) is 0 Å². The van der Waals surface area contributed by atoms with E-state index in [0.29, 0.717) is 5.95 Å². The molecule has 0 N–H and O–H groups in total. The molecule has 4 heteroatoms. The highest BCUT2D eigenvalue weighted by molar-refractivity contribution is 6.24. The minimum Gasteiger partial charge on any atom is -0.309 e. The third-order valence-corrected chi connectivity index (χ3v) is 10.6. The molecule has 0 amide bonds. The van der Waals surface area contributed by atoms with Crippen LogP contribution >= 0.6 is 0 Å². The molecule has 3 aromatic heterocycles. The molecule has 52 heavy (non-hydrogen) atoms. The average molecular weight is 663 g/mol. The van der Waals surface area contributed by atoms with E-state index in [-0.39, 0.29) is 0 Å². The van der Waals surface area contributed by atoms with Gasteiger partial charge in [0.05, 0.1) is 27.6 Å². The maximum atomic E-state index is 5.09. The molecule has 0 aliphatic heterocycles. The zero-order valence-corrected chi connectivity index (χ0v) is 28.1. The van der Waals surface area contributed by atoms with Gasteiger partial charge in [-0.1, -0.05) is 133 Å². The Morgan fingerprint density at radius 3 is 1.92 bits per heavy atom. The van der Waals surface area contributed by atoms with Crippen molar-refractivity contribution in [3.8, 4) is 33.9 Å². The smallest absolute Gasteiger partial charge is 0.235 e. The minimum atomic E-state index is 0.667. The second-order valence-electron chi connectivity index (χ2n) is 13.4. The van der Waals surface area contributed by atoms with Crippen LogP contribution in [0.25, 0.3) is 99.2 Å². The lowest BCUT2D eigenvalue weighted by Gasteiger charge is -2.13. The van der Waals surface area contributed by atoms with Crippen molar-refractivity contribution in [3.63, 3.8) is 0 Å². The molecular weight excluding hydrogens is 633 g/mol. The van der Waals surface area contributed by atoms with E-state index >= 15 is 0 Å². The second kappa shape index (κ2) is 11.2. The van der Waals surface area contributed by atoms with E-state index < -0.39 is 0 Å². The van der Waals surface area contributed by atoms with E-state index in [1.165, 1.54) is 60.0 Å². The fraction of sp³-hybridized carbons (Fsp3) is 0. The van der Waals surface area contributed by atoms with E-state index in [9.17, 15) is 0 Å². The number of benzene rings is 8. The minimum absolute atomic E-state index is 0.667. The monoisotopic (exact) mass is 662 g/mol. The van der Waals surface area contributed by atoms with Gasteiger partial charge in [-0.05, 0) is 75.5 Å². The van der Waals surface area contributed by atoms with Gasteiger partial charge in [-0.25, -0.2) is 9.97 Å². The van der Waals surface area contributed by atoms with Crippen LogP contribution in [0, 0.1) is 0 Å². The predicted molar refractivity (Wildman–Crippen MR) is 217 cm³/mol. The van der Waals surface area contributed by atoms with E-state index in [2.05, 4.69) is 173 Å². The van der Waals surface area contributed by atoms with Crippen molar-refractivity contribution >= 4 is 65.3 Å². The van der Waals surface area contributed by atoms with E-state index in [0.717, 1.165) is 33.2 Å². The highest BCUT2D eigenvalue weighted by Crippen LogP contribution is 2.43. The van der Waals surface area contributed by atoms with Crippen molar-refractivity contribution in [1.82, 2.24) is 19.1 Å². The summed E-state index contributed by atoms with van der Waals surface area (Å²) >= 11 is 0. The Morgan fingerprint density at radius 1 is 0.385 bits per heavy atom. The number of hydrogen-bond acceptors (Lipinski definition) is 2. The number of nitrogens with zero attached hydrogens (tertiary/aromatic N) is 4. The van der Waals surface area contributed by atoms with Crippen molar-refractivity contribution in [1.29, 1.82) is 0 Å². The number of rotatable bonds is 4. The Labute approximate surface area is 299 Å². The molecule has 0 radical (unpaired) electrons. The third kappa shape index (κ3) is 4.28. The van der Waals surface area contributed by atoms with Gasteiger partial charge in [0, 0.05) is 38.8 Å². The van der Waals surface area contributed by atoms with Crippen LogP contribution in [0.1, 0.15) is 0 Å². The van der Waals surface area contributed by atoms with Gasteiger partial charge < -0.3 is 4.57 Å². The Hall–Kier alpha value is -7.04. The number of hydrogen-bond donors (Lipinski definition) is 0. The summed E-state index contributed by atoms with van der Waals surface area (Å²) in [5, 5.41) is 8.31. The molecule has 11 rings (SSSR count). The van der Waals surface area contributed by atoms with Gasteiger partial charge >= 0.3 is 0 Å². The van der Waals surface area contributed by atoms with Crippen LogP contribution < -0.4 is 0 Å². The molecule has 0 saturated carbocycles. The third-order valence-electron chi connectivity index (χ3n) is 10.6. The summed E-state index contributed by atoms with van der Waals surface area (Å²) in [6.07, 6.45) is 1.93. The molecule has 11 aromatic rings. The Bertz CT molecular complexity index is 3190. The fourth-order valence-corrected chi connectivity index (χ4v) is 8.23. The summed E-state index contributed by atoms with van der Waals surface area (Å²) in [5.41, 5.74) is 11.3. The molecule has 0 unspecified atom stereocenters. The van der Waals surface area contributed by atoms with Crippen LogP contribution in [0.4, 0.5) is 0 Å². The number of aromatic nitrogens is 4. The maximum absolute atomic E-state index is 5.09. The summed E-state index contributed by atoms with van der Waals surface area (Å²) in [7, 11) is 0. The standard InChI is InChI=1S/C48H30N4/c1-2-13-31(14-3-1)32-16-12-17-35(27-32)51-43-23-10-7-19-37(43)38-26-25-33(28-45(38)51)41-29-46-47(39-20-6-5-18-36(39)41)40-21-8-11-24-44(40)52(46)48-49-30-34-15-4-9-22-42(34)50-48/h1-30H. The quantitative estimate of drug-likeness (QED) is 0.188. The fourth-order valence-electron chi connectivity index (χ4n) is 8.23. The molecule has 0 fully saturated rings. The number of para-hydroxylation sites is 3. The lowest BCUT2D eigenvalue weighted by molar-refractivity contribution is 1.01. The van der Waals surface area contributed by atoms with Crippen molar-refractivity contribution in [2.45, 2.75) is 0 Å². The molecule has 0 spiro atoms. The molecule has 8 aromatic carbocycles. The zero-order chi connectivity index (χ0) is 34.2. The molecule has 3 heterocycles. The average Bonchev–Trinajstić information content (AvgIpc) is 3.73. The molecule has 0 aliphatic carbocycles. The van der Waals surface area contributed by atoms with Gasteiger partial charge in [-0.3, -0.25) is 4.57 Å². The first kappa shape index (κ1) is 28.8. The maximum Gasteiger partial charge on any atom is 0.235 e. The molecule has 0 saturated heterocycles. The lowest BCUT2D eigenvalue weighted by Crippen LogP contribution is -2.01. The van der Waals surface area contributed by atoms with Crippen molar-refractivity contribution < 1.29 is 0 Å². The van der Waals surface area contributed by atoms with E-state index in [1.807, 2.05) is 18.3 Å². The first-order valence-electron chi connectivity index (χ1n) is 17.7. The molecule has 242 valence electrons. The molecule has 4 nitrogen and oxygen atoms in total. The normalized spacial score (nSPS) is 11.8. The van der Waals surface area contributed by atoms with Gasteiger partial charge in [0.15, 0.2) is 0 Å². The summed E-state index contributed by atoms with van der Waals surface area (Å²) in [6, 6.07) is 63.1. The van der Waals surface area contributed by atoms with Gasteiger partial charge in [0.25, 0.3) is 0 Å². The van der Waals surface area contributed by atoms with Crippen LogP contribution in [0.3, 0.4) is 0 Å². The zero-order valence-electron chi connectivity index (χ0n) is 28.1. The molecule has 0 aliphatic rings. The van der Waals surface area contributed by atoms with E-state index in [4.69, 9.17) is 9.97 Å². The summed E-state index contributed by atoms with van der Waals surface area (Å²) < 4.78 is 4.65. The number of fused-ring (bicyclic) bond motifs is 9. The van der Waals surface area contributed by atoms with Crippen LogP contribution in [0.15, 0.2) is 182 Å². The highest BCUT2D eigenvalue weighted by Gasteiger charge is 2.20. The van der Waals surface area contributed by atoms with Gasteiger partial charge in [-0.2, -0.15) is 0 Å². The topological polar surface area (TPSA) is 35.6 Å². The second-order valence-corrected chi connectivity index (χ2v) is 13.4. The Kier molecular flexibility index (Phi) is 6.22. The Balaban J connectivity index is 1.20. The highest BCUT2D eigenvalue weighted by atomic mass is 15.2. The van der Waals surface area contributed by atoms with Crippen LogP contribution in [-0.4, -0.2) is 19.1 Å². The largest absolute Gasteiger partial charge is 0.309 e. The van der Waals surface area contributed by atoms with E-state index in [1.54, 1.807) is 0 Å². The summed E-state index contributed by atoms with van der Waals surface area (Å²) in [5.74, 6) is 0.667. The molecule has 0 atom stereocenters. The summed E-state index contributed by atoms with van der Waals surface area (Å²) in [6.45, 7) is 0.